The van der Waals surface area contributed by atoms with Crippen molar-refractivity contribution in [2.75, 3.05) is 17.2 Å². The monoisotopic (exact) mass is 226 g/mol. The van der Waals surface area contributed by atoms with Gasteiger partial charge < -0.3 is 10.6 Å². The van der Waals surface area contributed by atoms with Gasteiger partial charge in [0.05, 0.1) is 16.4 Å². The van der Waals surface area contributed by atoms with Crippen LogP contribution in [0.4, 0.5) is 11.4 Å². The molecule has 4 heteroatoms. The zero-order valence-corrected chi connectivity index (χ0v) is 9.38. The Kier molecular flexibility index (Phi) is 2.61. The molecular formula is C10H11ClN2S. The summed E-state index contributed by atoms with van der Waals surface area (Å²) in [7, 11) is 0. The van der Waals surface area contributed by atoms with Crippen molar-refractivity contribution in [1.82, 2.24) is 0 Å². The quantitative estimate of drug-likeness (QED) is 0.665. The van der Waals surface area contributed by atoms with Crippen LogP contribution in [0.15, 0.2) is 18.2 Å². The molecule has 1 heterocycles. The Morgan fingerprint density at radius 2 is 2.21 bits per heavy atom. The minimum atomic E-state index is 0.344. The molecule has 0 fully saturated rings. The lowest BCUT2D eigenvalue weighted by Gasteiger charge is -2.08. The molecule has 1 aliphatic heterocycles. The molecule has 14 heavy (non-hydrogen) atoms. The highest BCUT2D eigenvalue weighted by Crippen LogP contribution is 2.28. The van der Waals surface area contributed by atoms with Crippen LogP contribution >= 0.6 is 23.8 Å². The molecule has 0 spiro atoms. The number of thiocarbonyl (C=S) groups is 1. The Bertz CT molecular complexity index is 378. The minimum Gasteiger partial charge on any atom is -0.383 e. The van der Waals surface area contributed by atoms with Gasteiger partial charge in [-0.15, -0.1) is 0 Å². The molecule has 0 radical (unpaired) electrons. The number of hydrogen-bond donors (Lipinski definition) is 2. The Morgan fingerprint density at radius 3 is 3.00 bits per heavy atom. The second-order valence-corrected chi connectivity index (χ2v) is 4.34. The summed E-state index contributed by atoms with van der Waals surface area (Å²) in [6.45, 7) is 2.95. The third-order valence-electron chi connectivity index (χ3n) is 2.29. The molecule has 2 rings (SSSR count). The fourth-order valence-corrected chi connectivity index (χ4v) is 1.75. The van der Waals surface area contributed by atoms with Crippen LogP contribution in [0.3, 0.4) is 0 Å². The molecule has 1 unspecified atom stereocenters. The van der Waals surface area contributed by atoms with E-state index < -0.39 is 0 Å². The largest absolute Gasteiger partial charge is 0.383 e. The first-order chi connectivity index (χ1) is 6.66. The molecule has 0 saturated carbocycles. The van der Waals surface area contributed by atoms with Gasteiger partial charge in [0.1, 0.15) is 0 Å². The second-order valence-electron chi connectivity index (χ2n) is 3.46. The summed E-state index contributed by atoms with van der Waals surface area (Å²) in [6.07, 6.45) is 0. The van der Waals surface area contributed by atoms with Gasteiger partial charge in [0.2, 0.25) is 0 Å². The van der Waals surface area contributed by atoms with Gasteiger partial charge in [0.15, 0.2) is 0 Å². The topological polar surface area (TPSA) is 24.1 Å². The molecule has 0 bridgehead atoms. The number of halogens is 1. The van der Waals surface area contributed by atoms with Crippen molar-refractivity contribution >= 4 is 40.2 Å². The van der Waals surface area contributed by atoms with E-state index in [0.29, 0.717) is 5.92 Å². The van der Waals surface area contributed by atoms with Gasteiger partial charge in [0.25, 0.3) is 0 Å². The summed E-state index contributed by atoms with van der Waals surface area (Å²) in [6, 6.07) is 5.72. The average molecular weight is 227 g/mol. The summed E-state index contributed by atoms with van der Waals surface area (Å²) in [5.41, 5.74) is 2.02. The first-order valence-corrected chi connectivity index (χ1v) is 5.30. The van der Waals surface area contributed by atoms with E-state index in [9.17, 15) is 0 Å². The van der Waals surface area contributed by atoms with Gasteiger partial charge in [-0.05, 0) is 18.2 Å². The molecule has 0 aromatic heterocycles. The van der Waals surface area contributed by atoms with Crippen molar-refractivity contribution in [2.24, 2.45) is 5.92 Å². The highest BCUT2D eigenvalue weighted by molar-refractivity contribution is 7.80. The van der Waals surface area contributed by atoms with Crippen LogP contribution in [-0.2, 0) is 0 Å². The van der Waals surface area contributed by atoms with Crippen molar-refractivity contribution < 1.29 is 0 Å². The maximum atomic E-state index is 5.90. The lowest BCUT2D eigenvalue weighted by atomic mass is 10.2. The number of rotatable bonds is 0. The lowest BCUT2D eigenvalue weighted by Crippen LogP contribution is -2.20. The van der Waals surface area contributed by atoms with E-state index in [1.54, 1.807) is 0 Å². The molecule has 1 aliphatic rings. The molecule has 2 nitrogen and oxygen atoms in total. The van der Waals surface area contributed by atoms with Gasteiger partial charge in [-0.1, -0.05) is 30.7 Å². The van der Waals surface area contributed by atoms with E-state index in [1.807, 2.05) is 18.2 Å². The van der Waals surface area contributed by atoms with Crippen LogP contribution in [0.1, 0.15) is 6.92 Å². The van der Waals surface area contributed by atoms with Gasteiger partial charge in [0, 0.05) is 17.5 Å². The first-order valence-electron chi connectivity index (χ1n) is 4.51. The number of nitrogens with one attached hydrogen (secondary N) is 2. The van der Waals surface area contributed by atoms with Crippen molar-refractivity contribution in [3.05, 3.63) is 23.2 Å². The molecule has 0 aliphatic carbocycles. The van der Waals surface area contributed by atoms with Crippen LogP contribution < -0.4 is 10.6 Å². The van der Waals surface area contributed by atoms with E-state index in [2.05, 4.69) is 17.6 Å². The molecule has 0 saturated heterocycles. The molecule has 74 valence electrons. The predicted octanol–water partition coefficient (Wildman–Crippen LogP) is 3.14. The molecule has 2 N–H and O–H groups in total. The Morgan fingerprint density at radius 1 is 1.43 bits per heavy atom. The molecule has 0 amide bonds. The van der Waals surface area contributed by atoms with Crippen LogP contribution in [0, 0.1) is 5.92 Å². The normalized spacial score (nSPS) is 20.4. The standard InChI is InChI=1S/C10H11ClN2S/c1-6-5-12-8-3-2-7(11)4-9(8)13-10(6)14/h2-4,6,12H,5H2,1H3,(H,13,14). The van der Waals surface area contributed by atoms with Crippen LogP contribution in [0.2, 0.25) is 5.02 Å². The van der Waals surface area contributed by atoms with Crippen LogP contribution in [0.25, 0.3) is 0 Å². The Labute approximate surface area is 93.6 Å². The van der Waals surface area contributed by atoms with Crippen molar-refractivity contribution in [3.63, 3.8) is 0 Å². The maximum absolute atomic E-state index is 5.90. The zero-order valence-electron chi connectivity index (χ0n) is 7.80. The predicted molar refractivity (Wildman–Crippen MR) is 65.3 cm³/mol. The Balaban J connectivity index is 2.38. The van der Waals surface area contributed by atoms with Crippen molar-refractivity contribution in [3.8, 4) is 0 Å². The zero-order chi connectivity index (χ0) is 10.1. The average Bonchev–Trinajstić information content (AvgIpc) is 2.27. The van der Waals surface area contributed by atoms with Gasteiger partial charge in [-0.2, -0.15) is 0 Å². The third-order valence-corrected chi connectivity index (χ3v) is 3.03. The number of hydrogen-bond acceptors (Lipinski definition) is 2. The van der Waals surface area contributed by atoms with E-state index in [1.165, 1.54) is 0 Å². The van der Waals surface area contributed by atoms with Crippen molar-refractivity contribution in [1.29, 1.82) is 0 Å². The highest BCUT2D eigenvalue weighted by atomic mass is 35.5. The maximum Gasteiger partial charge on any atom is 0.0844 e. The van der Waals surface area contributed by atoms with Gasteiger partial charge in [-0.25, -0.2) is 0 Å². The molecular weight excluding hydrogens is 216 g/mol. The fourth-order valence-electron chi connectivity index (χ4n) is 1.39. The van der Waals surface area contributed by atoms with Gasteiger partial charge >= 0.3 is 0 Å². The summed E-state index contributed by atoms with van der Waals surface area (Å²) < 4.78 is 0. The minimum absolute atomic E-state index is 0.344. The summed E-state index contributed by atoms with van der Waals surface area (Å²) in [5, 5.41) is 7.24. The van der Waals surface area contributed by atoms with Crippen LogP contribution in [-0.4, -0.2) is 11.5 Å². The highest BCUT2D eigenvalue weighted by Gasteiger charge is 2.15. The number of fused-ring (bicyclic) bond motifs is 1. The van der Waals surface area contributed by atoms with E-state index in [-0.39, 0.29) is 0 Å². The smallest absolute Gasteiger partial charge is 0.0844 e. The SMILES string of the molecule is CC1CNc2ccc(Cl)cc2NC1=S. The van der Waals surface area contributed by atoms with E-state index in [4.69, 9.17) is 23.8 Å². The molecule has 1 aromatic rings. The van der Waals surface area contributed by atoms with Crippen LogP contribution in [0.5, 0.6) is 0 Å². The lowest BCUT2D eigenvalue weighted by molar-refractivity contribution is 0.833. The molecule has 1 atom stereocenters. The van der Waals surface area contributed by atoms with E-state index in [0.717, 1.165) is 27.9 Å². The Hall–Kier alpha value is -0.800. The first kappa shape index (κ1) is 9.74. The van der Waals surface area contributed by atoms with E-state index >= 15 is 0 Å². The second kappa shape index (κ2) is 3.75. The van der Waals surface area contributed by atoms with Crippen molar-refractivity contribution in [2.45, 2.75) is 6.92 Å². The third kappa shape index (κ3) is 1.83. The fraction of sp³-hybridized carbons (Fsp3) is 0.300. The number of benzene rings is 1. The summed E-state index contributed by atoms with van der Waals surface area (Å²) in [4.78, 5) is 0.860. The molecule has 1 aromatic carbocycles. The van der Waals surface area contributed by atoms with Gasteiger partial charge in [-0.3, -0.25) is 0 Å². The summed E-state index contributed by atoms with van der Waals surface area (Å²) >= 11 is 11.1. The summed E-state index contributed by atoms with van der Waals surface area (Å²) in [5.74, 6) is 0.344. The number of anilines is 2.